The van der Waals surface area contributed by atoms with Gasteiger partial charge in [0.25, 0.3) is 5.91 Å². The number of amides is 1. The maximum absolute atomic E-state index is 11.4. The molecule has 0 radical (unpaired) electrons. The molecular formula is C13H11BrClN3O2S. The molecule has 1 aromatic rings. The van der Waals surface area contributed by atoms with Crippen molar-refractivity contribution in [2.45, 2.75) is 0 Å². The number of thioether (sulfide) groups is 1. The summed E-state index contributed by atoms with van der Waals surface area (Å²) in [4.78, 5) is 18.0. The quantitative estimate of drug-likeness (QED) is 0.803. The van der Waals surface area contributed by atoms with Crippen LogP contribution in [0.1, 0.15) is 5.56 Å². The smallest absolute Gasteiger partial charge is 0.262 e. The molecule has 1 N–H and O–H groups in total. The summed E-state index contributed by atoms with van der Waals surface area (Å²) in [7, 11) is 0. The number of ether oxygens (including phenoxy) is 1. The summed E-state index contributed by atoms with van der Waals surface area (Å²) in [5, 5.41) is 6.42. The summed E-state index contributed by atoms with van der Waals surface area (Å²) < 4.78 is 5.60. The normalized spacial score (nSPS) is 18.9. The van der Waals surface area contributed by atoms with Gasteiger partial charge in [-0.2, -0.15) is 0 Å². The molecule has 3 heterocycles. The largest absolute Gasteiger partial charge is 0.481 e. The van der Waals surface area contributed by atoms with Crippen LogP contribution in [0, 0.1) is 0 Å². The number of amidine groups is 1. The molecule has 0 spiro atoms. The van der Waals surface area contributed by atoms with Crippen LogP contribution in [0.15, 0.2) is 22.5 Å². The number of benzene rings is 1. The van der Waals surface area contributed by atoms with Crippen molar-refractivity contribution < 1.29 is 9.53 Å². The number of hydrogen-bond acceptors (Lipinski definition) is 5. The minimum Gasteiger partial charge on any atom is -0.481 e. The van der Waals surface area contributed by atoms with E-state index in [-0.39, 0.29) is 29.5 Å². The maximum Gasteiger partial charge on any atom is 0.262 e. The van der Waals surface area contributed by atoms with E-state index in [0.717, 1.165) is 29.5 Å². The van der Waals surface area contributed by atoms with Gasteiger partial charge in [0, 0.05) is 22.5 Å². The van der Waals surface area contributed by atoms with Crippen LogP contribution in [0.4, 0.5) is 5.69 Å². The summed E-state index contributed by atoms with van der Waals surface area (Å²) in [6.45, 7) is 1.70. The van der Waals surface area contributed by atoms with E-state index in [1.807, 2.05) is 11.5 Å². The predicted octanol–water partition coefficient (Wildman–Crippen LogP) is 2.97. The van der Waals surface area contributed by atoms with Gasteiger partial charge >= 0.3 is 0 Å². The fraction of sp³-hybridized carbons (Fsp3) is 0.231. The van der Waals surface area contributed by atoms with Crippen LogP contribution in [-0.4, -0.2) is 35.7 Å². The Hall–Kier alpha value is -1.18. The van der Waals surface area contributed by atoms with Crippen molar-refractivity contribution in [3.63, 3.8) is 0 Å². The number of anilines is 1. The molecule has 0 saturated carbocycles. The third-order valence-electron chi connectivity index (χ3n) is 3.32. The van der Waals surface area contributed by atoms with Crippen LogP contribution in [0.5, 0.6) is 5.75 Å². The zero-order valence-electron chi connectivity index (χ0n) is 10.8. The molecule has 1 amide bonds. The lowest BCUT2D eigenvalue weighted by atomic mass is 10.1. The van der Waals surface area contributed by atoms with E-state index in [1.165, 1.54) is 0 Å². The monoisotopic (exact) mass is 387 g/mol. The molecule has 5 nitrogen and oxygen atoms in total. The highest BCUT2D eigenvalue weighted by Gasteiger charge is 2.31. The molecule has 0 bridgehead atoms. The lowest BCUT2D eigenvalue weighted by Gasteiger charge is -2.24. The number of hydrogen-bond donors (Lipinski definition) is 1. The molecule has 0 unspecified atom stereocenters. The average molecular weight is 389 g/mol. The summed E-state index contributed by atoms with van der Waals surface area (Å²) in [6.07, 6.45) is 0. The molecule has 0 fully saturated rings. The number of halogens is 2. The summed E-state index contributed by atoms with van der Waals surface area (Å²) in [5.41, 5.74) is 2.55. The van der Waals surface area contributed by atoms with E-state index in [1.54, 1.807) is 17.8 Å². The minimum absolute atomic E-state index is 0. The highest BCUT2D eigenvalue weighted by Crippen LogP contribution is 2.44. The lowest BCUT2D eigenvalue weighted by Crippen LogP contribution is -2.27. The zero-order valence-corrected chi connectivity index (χ0v) is 14.0. The van der Waals surface area contributed by atoms with Crippen LogP contribution in [0.25, 0.3) is 5.70 Å². The number of nitrogens with zero attached hydrogens (tertiary/aromatic N) is 2. The van der Waals surface area contributed by atoms with Crippen molar-refractivity contribution in [3.05, 3.63) is 28.1 Å². The summed E-state index contributed by atoms with van der Waals surface area (Å²) >= 11 is 7.76. The van der Waals surface area contributed by atoms with Crippen molar-refractivity contribution in [1.29, 1.82) is 0 Å². The van der Waals surface area contributed by atoms with E-state index >= 15 is 0 Å². The van der Waals surface area contributed by atoms with Gasteiger partial charge in [-0.25, -0.2) is 0 Å². The molecule has 0 atom stereocenters. The van der Waals surface area contributed by atoms with Gasteiger partial charge in [0.1, 0.15) is 0 Å². The van der Waals surface area contributed by atoms with Crippen LogP contribution >= 0.6 is 40.3 Å². The number of rotatable bonds is 1. The average Bonchev–Trinajstić information content (AvgIpc) is 2.99. The van der Waals surface area contributed by atoms with Gasteiger partial charge in [-0.05, 0) is 12.1 Å². The van der Waals surface area contributed by atoms with Crippen molar-refractivity contribution in [3.8, 4) is 5.75 Å². The third-order valence-corrected chi connectivity index (χ3v) is 4.44. The highest BCUT2D eigenvalue weighted by atomic mass is 79.9. The van der Waals surface area contributed by atoms with Crippen molar-refractivity contribution in [1.82, 2.24) is 4.90 Å². The Morgan fingerprint density at radius 2 is 2.29 bits per heavy atom. The molecule has 0 saturated heterocycles. The summed E-state index contributed by atoms with van der Waals surface area (Å²) in [6, 6.07) is 3.57. The van der Waals surface area contributed by atoms with E-state index < -0.39 is 0 Å². The summed E-state index contributed by atoms with van der Waals surface area (Å²) in [5.74, 6) is 0.512. The first-order valence-electron chi connectivity index (χ1n) is 6.18. The van der Waals surface area contributed by atoms with Crippen LogP contribution < -0.4 is 10.1 Å². The third kappa shape index (κ3) is 2.43. The second-order valence-electron chi connectivity index (χ2n) is 4.60. The lowest BCUT2D eigenvalue weighted by molar-refractivity contribution is -0.118. The second kappa shape index (κ2) is 5.55. The van der Waals surface area contributed by atoms with Crippen LogP contribution in [-0.2, 0) is 4.79 Å². The van der Waals surface area contributed by atoms with Crippen LogP contribution in [0.2, 0.25) is 5.02 Å². The molecule has 3 aliphatic heterocycles. The first-order valence-corrected chi connectivity index (χ1v) is 7.43. The minimum atomic E-state index is -0.163. The van der Waals surface area contributed by atoms with Gasteiger partial charge < -0.3 is 15.0 Å². The zero-order chi connectivity index (χ0) is 13.7. The Morgan fingerprint density at radius 1 is 1.43 bits per heavy atom. The van der Waals surface area contributed by atoms with Gasteiger partial charge in [0.2, 0.25) is 0 Å². The number of carbonyl (C=O) groups is 1. The fourth-order valence-electron chi connectivity index (χ4n) is 2.49. The molecule has 3 aliphatic rings. The molecule has 4 rings (SSSR count). The highest BCUT2D eigenvalue weighted by molar-refractivity contribution is 8.93. The standard InChI is InChI=1S/C13H10ClN3O2S.BrH/c14-7-3-8(10-6-20-13-15-1-2-17(10)13)12-9(4-7)16-11(18)5-19-12;/h3-4,6H,1-2,5H2,(H,16,18);1H. The predicted molar refractivity (Wildman–Crippen MR) is 90.5 cm³/mol. The molecule has 0 aromatic heterocycles. The molecule has 0 aliphatic carbocycles. The SMILES string of the molecule is Br.O=C1COc2c(cc(Cl)cc2C2=CSC3=NCCN23)N1. The Morgan fingerprint density at radius 3 is 3.14 bits per heavy atom. The Kier molecular flexibility index (Phi) is 3.90. The molecule has 21 heavy (non-hydrogen) atoms. The topological polar surface area (TPSA) is 53.9 Å². The fourth-order valence-corrected chi connectivity index (χ4v) is 3.66. The Balaban J connectivity index is 0.00000132. The van der Waals surface area contributed by atoms with E-state index in [2.05, 4.69) is 15.2 Å². The van der Waals surface area contributed by atoms with Gasteiger partial charge in [0.15, 0.2) is 17.5 Å². The molecule has 110 valence electrons. The Labute approximate surface area is 141 Å². The number of fused-ring (bicyclic) bond motifs is 2. The maximum atomic E-state index is 11.4. The van der Waals surface area contributed by atoms with Crippen molar-refractivity contribution in [2.75, 3.05) is 25.0 Å². The Bertz CT molecular complexity index is 692. The van der Waals surface area contributed by atoms with Gasteiger partial charge in [-0.1, -0.05) is 23.4 Å². The number of nitrogens with one attached hydrogen (secondary N) is 1. The van der Waals surface area contributed by atoms with Gasteiger partial charge in [0.05, 0.1) is 17.9 Å². The van der Waals surface area contributed by atoms with E-state index in [0.29, 0.717) is 16.5 Å². The molecule has 1 aromatic carbocycles. The molecule has 8 heteroatoms. The van der Waals surface area contributed by atoms with Gasteiger partial charge in [-0.15, -0.1) is 17.0 Å². The van der Waals surface area contributed by atoms with Gasteiger partial charge in [-0.3, -0.25) is 9.79 Å². The second-order valence-corrected chi connectivity index (χ2v) is 5.88. The first-order chi connectivity index (χ1) is 9.72. The number of aliphatic imine (C=N–C) groups is 1. The first kappa shape index (κ1) is 14.7. The van der Waals surface area contributed by atoms with E-state index in [9.17, 15) is 4.79 Å². The van der Waals surface area contributed by atoms with Crippen molar-refractivity contribution in [2.24, 2.45) is 4.99 Å². The molecular weight excluding hydrogens is 378 g/mol. The van der Waals surface area contributed by atoms with Crippen LogP contribution in [0.3, 0.4) is 0 Å². The van der Waals surface area contributed by atoms with Crippen molar-refractivity contribution >= 4 is 62.8 Å². The number of carbonyl (C=O) groups excluding carboxylic acids is 1. The van der Waals surface area contributed by atoms with E-state index in [4.69, 9.17) is 16.3 Å².